The highest BCUT2D eigenvalue weighted by atomic mass is 35.5. The Balaban J connectivity index is 1.82. The van der Waals surface area contributed by atoms with Crippen LogP contribution in [-0.2, 0) is 24.7 Å². The van der Waals surface area contributed by atoms with Crippen LogP contribution in [0.1, 0.15) is 24.0 Å². The molecule has 32 heavy (non-hydrogen) atoms. The van der Waals surface area contributed by atoms with Crippen LogP contribution in [0.25, 0.3) is 0 Å². The fourth-order valence-corrected chi connectivity index (χ4v) is 6.56. The Morgan fingerprint density at radius 3 is 2.44 bits per heavy atom. The largest absolute Gasteiger partial charge is 0.465 e. The number of hydrogen-bond acceptors (Lipinski definition) is 7. The summed E-state index contributed by atoms with van der Waals surface area (Å²) in [5, 5.41) is 8.19. The van der Waals surface area contributed by atoms with Crippen LogP contribution in [0, 0.1) is 0 Å². The molecule has 0 saturated carbocycles. The van der Waals surface area contributed by atoms with Crippen molar-refractivity contribution in [2.45, 2.75) is 29.2 Å². The summed E-state index contributed by atoms with van der Waals surface area (Å²) in [5.74, 6) is -2.67. The van der Waals surface area contributed by atoms with Gasteiger partial charge in [-0.3, -0.25) is 29.8 Å². The molecule has 3 heterocycles. The van der Waals surface area contributed by atoms with Gasteiger partial charge < -0.3 is 10.1 Å². The first kappa shape index (κ1) is 21.0. The number of esters is 1. The van der Waals surface area contributed by atoms with E-state index in [1.807, 2.05) is 0 Å². The number of halogens is 1. The molecule has 10 heteroatoms. The van der Waals surface area contributed by atoms with Crippen LogP contribution < -0.4 is 16.0 Å². The lowest BCUT2D eigenvalue weighted by Gasteiger charge is -2.38. The lowest BCUT2D eigenvalue weighted by atomic mass is 9.71. The summed E-state index contributed by atoms with van der Waals surface area (Å²) in [6.45, 7) is 1.79. The van der Waals surface area contributed by atoms with Crippen molar-refractivity contribution in [3.63, 3.8) is 0 Å². The molecule has 0 bridgehead atoms. The van der Waals surface area contributed by atoms with Crippen LogP contribution in [0.15, 0.2) is 48.5 Å². The van der Waals surface area contributed by atoms with E-state index in [4.69, 9.17) is 16.3 Å². The first-order valence-electron chi connectivity index (χ1n) is 10.0. The van der Waals surface area contributed by atoms with E-state index in [0.29, 0.717) is 21.8 Å². The molecule has 2 saturated heterocycles. The topological polar surface area (TPSA) is 114 Å². The molecule has 3 N–H and O–H groups in total. The third kappa shape index (κ3) is 2.61. The lowest BCUT2D eigenvalue weighted by molar-refractivity contribution is -0.145. The predicted molar refractivity (Wildman–Crippen MR) is 118 cm³/mol. The Labute approximate surface area is 192 Å². The van der Waals surface area contributed by atoms with Gasteiger partial charge in [-0.2, -0.15) is 0 Å². The predicted octanol–water partition coefficient (Wildman–Crippen LogP) is 2.53. The van der Waals surface area contributed by atoms with Crippen LogP contribution in [-0.4, -0.2) is 40.4 Å². The second-order valence-corrected chi connectivity index (χ2v) is 9.39. The minimum Gasteiger partial charge on any atom is -0.465 e. The van der Waals surface area contributed by atoms with Crippen molar-refractivity contribution in [1.82, 2.24) is 10.6 Å². The average molecular weight is 472 g/mol. The van der Waals surface area contributed by atoms with Gasteiger partial charge in [0.15, 0.2) is 5.54 Å². The lowest BCUT2D eigenvalue weighted by Crippen LogP contribution is -2.61. The van der Waals surface area contributed by atoms with Gasteiger partial charge in [0, 0.05) is 22.2 Å². The van der Waals surface area contributed by atoms with Gasteiger partial charge in [0.05, 0.1) is 6.61 Å². The van der Waals surface area contributed by atoms with Gasteiger partial charge in [0.2, 0.25) is 5.91 Å². The molecule has 2 spiro atoms. The molecule has 3 amide bonds. The van der Waals surface area contributed by atoms with Gasteiger partial charge in [0.25, 0.3) is 11.1 Å². The third-order valence-electron chi connectivity index (χ3n) is 6.20. The van der Waals surface area contributed by atoms with Crippen LogP contribution in [0.4, 0.5) is 10.5 Å². The number of ether oxygens (including phenoxy) is 1. The second kappa shape index (κ2) is 7.33. The molecule has 3 aliphatic rings. The zero-order valence-corrected chi connectivity index (χ0v) is 18.4. The normalized spacial score (nSPS) is 30.5. The number of para-hydroxylation sites is 1. The van der Waals surface area contributed by atoms with Crippen molar-refractivity contribution >= 4 is 52.1 Å². The first-order chi connectivity index (χ1) is 15.3. The van der Waals surface area contributed by atoms with E-state index in [1.165, 1.54) is 0 Å². The highest BCUT2D eigenvalue weighted by Gasteiger charge is 2.78. The SMILES string of the molecule is CCOC(=O)[C@H]1N[C@]2(C(=O)Nc3ccccc32)[C@]2(SC(=O)NC2=O)[C@@H]1c1ccc(Cl)cc1. The van der Waals surface area contributed by atoms with Gasteiger partial charge >= 0.3 is 5.97 Å². The molecule has 164 valence electrons. The molecular formula is C22H18ClN3O5S. The zero-order valence-electron chi connectivity index (χ0n) is 16.8. The summed E-state index contributed by atoms with van der Waals surface area (Å²) in [7, 11) is 0. The Morgan fingerprint density at radius 1 is 1.06 bits per heavy atom. The van der Waals surface area contributed by atoms with Crippen molar-refractivity contribution in [2.75, 3.05) is 11.9 Å². The number of amides is 3. The number of hydrogen-bond donors (Lipinski definition) is 3. The van der Waals surface area contributed by atoms with E-state index in [-0.39, 0.29) is 6.61 Å². The van der Waals surface area contributed by atoms with Gasteiger partial charge in [-0.25, -0.2) is 0 Å². The van der Waals surface area contributed by atoms with Crippen molar-refractivity contribution in [3.8, 4) is 0 Å². The molecule has 2 aromatic carbocycles. The first-order valence-corrected chi connectivity index (χ1v) is 11.2. The number of fused-ring (bicyclic) bond motifs is 3. The van der Waals surface area contributed by atoms with Crippen molar-refractivity contribution in [3.05, 3.63) is 64.7 Å². The maximum absolute atomic E-state index is 13.6. The van der Waals surface area contributed by atoms with Crippen molar-refractivity contribution < 1.29 is 23.9 Å². The van der Waals surface area contributed by atoms with Gasteiger partial charge in [0.1, 0.15) is 10.8 Å². The summed E-state index contributed by atoms with van der Waals surface area (Å²) in [5.41, 5.74) is -0.0948. The number of imide groups is 1. The molecule has 5 rings (SSSR count). The van der Waals surface area contributed by atoms with Gasteiger partial charge in [-0.1, -0.05) is 41.9 Å². The Kier molecular flexibility index (Phi) is 4.81. The monoisotopic (exact) mass is 471 g/mol. The maximum Gasteiger partial charge on any atom is 0.323 e. The van der Waals surface area contributed by atoms with Crippen LogP contribution in [0.2, 0.25) is 5.02 Å². The molecule has 0 aromatic heterocycles. The number of nitrogens with one attached hydrogen (secondary N) is 3. The Bertz CT molecular complexity index is 1170. The minimum atomic E-state index is -1.67. The van der Waals surface area contributed by atoms with Crippen molar-refractivity contribution in [2.24, 2.45) is 0 Å². The fraction of sp³-hybridized carbons (Fsp3) is 0.273. The summed E-state index contributed by atoms with van der Waals surface area (Å²) in [6.07, 6.45) is 0. The van der Waals surface area contributed by atoms with E-state index in [2.05, 4.69) is 16.0 Å². The molecule has 0 radical (unpaired) electrons. The number of thioether (sulfide) groups is 1. The highest BCUT2D eigenvalue weighted by molar-refractivity contribution is 8.16. The molecule has 0 unspecified atom stereocenters. The minimum absolute atomic E-state index is 0.116. The standard InChI is InChI=1S/C22H18ClN3O5S/c1-2-31-17(27)16-15(11-7-9-12(23)10-8-11)22(19(29)25-20(30)32-22)21(26-16)13-5-3-4-6-14(13)24-18(21)28/h3-10,15-16,26H,2H2,1H3,(H,24,28)(H,25,29,30)/t15-,16+,21-,22+/m1/s1. The van der Waals surface area contributed by atoms with E-state index in [9.17, 15) is 19.2 Å². The number of carbonyl (C=O) groups is 4. The quantitative estimate of drug-likeness (QED) is 0.589. The average Bonchev–Trinajstić information content (AvgIpc) is 3.34. The Morgan fingerprint density at radius 2 is 1.78 bits per heavy atom. The zero-order chi connectivity index (χ0) is 22.7. The van der Waals surface area contributed by atoms with Crippen molar-refractivity contribution in [1.29, 1.82) is 0 Å². The van der Waals surface area contributed by atoms with E-state index in [0.717, 1.165) is 11.8 Å². The molecule has 2 aromatic rings. The summed E-state index contributed by atoms with van der Waals surface area (Å²) >= 11 is 6.80. The summed E-state index contributed by atoms with van der Waals surface area (Å²) < 4.78 is 3.63. The third-order valence-corrected chi connectivity index (χ3v) is 7.80. The number of benzene rings is 2. The molecule has 2 fully saturated rings. The maximum atomic E-state index is 13.6. The fourth-order valence-electron chi connectivity index (χ4n) is 5.04. The van der Waals surface area contributed by atoms with E-state index in [1.54, 1.807) is 55.5 Å². The van der Waals surface area contributed by atoms with Crippen LogP contribution >= 0.6 is 23.4 Å². The number of carbonyl (C=O) groups excluding carboxylic acids is 4. The number of rotatable bonds is 3. The molecule has 8 nitrogen and oxygen atoms in total. The molecule has 4 atom stereocenters. The van der Waals surface area contributed by atoms with E-state index >= 15 is 0 Å². The van der Waals surface area contributed by atoms with Gasteiger partial charge in [-0.05, 0) is 42.4 Å². The second-order valence-electron chi connectivity index (χ2n) is 7.73. The molecule has 0 aliphatic carbocycles. The van der Waals surface area contributed by atoms with E-state index < -0.39 is 45.3 Å². The smallest absolute Gasteiger partial charge is 0.323 e. The number of anilines is 1. The van der Waals surface area contributed by atoms with Crippen LogP contribution in [0.5, 0.6) is 0 Å². The Hall–Kier alpha value is -2.88. The molecule has 3 aliphatic heterocycles. The van der Waals surface area contributed by atoms with Gasteiger partial charge in [-0.15, -0.1) is 0 Å². The summed E-state index contributed by atoms with van der Waals surface area (Å²) in [6, 6.07) is 12.5. The van der Waals surface area contributed by atoms with Crippen LogP contribution in [0.3, 0.4) is 0 Å². The molecular weight excluding hydrogens is 454 g/mol. The highest BCUT2D eigenvalue weighted by Crippen LogP contribution is 2.62. The summed E-state index contributed by atoms with van der Waals surface area (Å²) in [4.78, 5) is 52.8.